The highest BCUT2D eigenvalue weighted by molar-refractivity contribution is 7.98. The number of carbonyl (C=O) groups excluding carboxylic acids is 1. The molecule has 8 nitrogen and oxygen atoms in total. The van der Waals surface area contributed by atoms with Crippen LogP contribution in [0.4, 0.5) is 5.69 Å². The molecule has 0 spiro atoms. The van der Waals surface area contributed by atoms with Gasteiger partial charge in [-0.15, -0.1) is 10.2 Å². The van der Waals surface area contributed by atoms with E-state index >= 15 is 0 Å². The Kier molecular flexibility index (Phi) is 4.93. The molecule has 0 atom stereocenters. The van der Waals surface area contributed by atoms with Gasteiger partial charge in [0.25, 0.3) is 0 Å². The fourth-order valence-electron chi connectivity index (χ4n) is 2.77. The van der Waals surface area contributed by atoms with E-state index in [1.54, 1.807) is 0 Å². The van der Waals surface area contributed by atoms with E-state index in [-0.39, 0.29) is 5.91 Å². The monoisotopic (exact) mass is 384 g/mol. The number of benzene rings is 1. The van der Waals surface area contributed by atoms with Crippen LogP contribution in [-0.2, 0) is 17.0 Å². The van der Waals surface area contributed by atoms with Crippen molar-refractivity contribution in [3.63, 3.8) is 0 Å². The zero-order chi connectivity index (χ0) is 18.8. The van der Waals surface area contributed by atoms with E-state index in [1.165, 1.54) is 18.7 Å². The number of aryl methyl sites for hydroxylation is 1. The molecule has 27 heavy (non-hydrogen) atoms. The Morgan fingerprint density at radius 1 is 1.37 bits per heavy atom. The molecular weight excluding hydrogens is 364 g/mol. The molecule has 1 amide bonds. The van der Waals surface area contributed by atoms with Crippen molar-refractivity contribution >= 4 is 23.4 Å². The van der Waals surface area contributed by atoms with Gasteiger partial charge in [0.15, 0.2) is 11.0 Å². The molecule has 2 heterocycles. The van der Waals surface area contributed by atoms with E-state index in [2.05, 4.69) is 30.2 Å². The Bertz CT molecular complexity index is 962. The molecular formula is C18H20N6O2S. The van der Waals surface area contributed by atoms with Crippen LogP contribution in [0.1, 0.15) is 50.1 Å². The maximum atomic E-state index is 11.4. The molecule has 2 aromatic heterocycles. The molecule has 3 aromatic rings. The third-order valence-electron chi connectivity index (χ3n) is 4.18. The summed E-state index contributed by atoms with van der Waals surface area (Å²) < 4.78 is 7.33. The van der Waals surface area contributed by atoms with E-state index in [0.29, 0.717) is 23.4 Å². The molecule has 4 rings (SSSR count). The SMILES string of the molecule is CCc1noc(CSc2nnc(C3CC3)n2-c2cccc(NC(C)=O)c2)n1. The number of anilines is 1. The molecule has 140 valence electrons. The number of amides is 1. The van der Waals surface area contributed by atoms with Gasteiger partial charge in [-0.2, -0.15) is 4.98 Å². The highest BCUT2D eigenvalue weighted by Gasteiger charge is 2.31. The van der Waals surface area contributed by atoms with Crippen molar-refractivity contribution in [2.45, 2.75) is 49.9 Å². The van der Waals surface area contributed by atoms with Crippen molar-refractivity contribution in [2.24, 2.45) is 0 Å². The minimum absolute atomic E-state index is 0.101. The largest absolute Gasteiger partial charge is 0.338 e. The third-order valence-corrected chi connectivity index (χ3v) is 5.09. The van der Waals surface area contributed by atoms with Crippen LogP contribution in [0.25, 0.3) is 5.69 Å². The summed E-state index contributed by atoms with van der Waals surface area (Å²) in [5, 5.41) is 16.3. The molecule has 1 aliphatic rings. The molecule has 0 bridgehead atoms. The molecule has 1 saturated carbocycles. The minimum Gasteiger partial charge on any atom is -0.338 e. The van der Waals surface area contributed by atoms with Crippen molar-refractivity contribution in [3.8, 4) is 5.69 Å². The number of rotatable bonds is 7. The number of nitrogens with one attached hydrogen (secondary N) is 1. The van der Waals surface area contributed by atoms with Crippen LogP contribution in [0, 0.1) is 0 Å². The number of hydrogen-bond donors (Lipinski definition) is 1. The van der Waals surface area contributed by atoms with Crippen molar-refractivity contribution in [3.05, 3.63) is 41.8 Å². The summed E-state index contributed by atoms with van der Waals surface area (Å²) in [6.07, 6.45) is 2.99. The zero-order valence-electron chi connectivity index (χ0n) is 15.2. The van der Waals surface area contributed by atoms with Gasteiger partial charge in [0, 0.05) is 24.9 Å². The van der Waals surface area contributed by atoms with Gasteiger partial charge in [0.2, 0.25) is 11.8 Å². The van der Waals surface area contributed by atoms with Crippen LogP contribution >= 0.6 is 11.8 Å². The van der Waals surface area contributed by atoms with Gasteiger partial charge in [0.1, 0.15) is 5.82 Å². The van der Waals surface area contributed by atoms with Crippen molar-refractivity contribution in [1.82, 2.24) is 24.9 Å². The lowest BCUT2D eigenvalue weighted by Gasteiger charge is -2.11. The third kappa shape index (κ3) is 4.02. The molecule has 1 aromatic carbocycles. The molecule has 1 fully saturated rings. The second-order valence-electron chi connectivity index (χ2n) is 6.43. The average molecular weight is 384 g/mol. The van der Waals surface area contributed by atoms with Gasteiger partial charge in [-0.25, -0.2) is 0 Å². The Labute approximate surface area is 160 Å². The number of hydrogen-bond acceptors (Lipinski definition) is 7. The summed E-state index contributed by atoms with van der Waals surface area (Å²) in [4.78, 5) is 15.7. The van der Waals surface area contributed by atoms with Gasteiger partial charge in [-0.05, 0) is 31.0 Å². The molecule has 1 N–H and O–H groups in total. The zero-order valence-corrected chi connectivity index (χ0v) is 16.0. The van der Waals surface area contributed by atoms with E-state index in [1.807, 2.05) is 31.2 Å². The second-order valence-corrected chi connectivity index (χ2v) is 7.37. The lowest BCUT2D eigenvalue weighted by atomic mass is 10.2. The Balaban J connectivity index is 1.62. The maximum absolute atomic E-state index is 11.4. The summed E-state index contributed by atoms with van der Waals surface area (Å²) in [5.41, 5.74) is 1.67. The molecule has 0 unspecified atom stereocenters. The predicted octanol–water partition coefficient (Wildman–Crippen LogP) is 3.34. The van der Waals surface area contributed by atoms with Gasteiger partial charge >= 0.3 is 0 Å². The van der Waals surface area contributed by atoms with Crippen LogP contribution in [0.15, 0.2) is 33.9 Å². The first-order valence-electron chi connectivity index (χ1n) is 8.91. The number of thioether (sulfide) groups is 1. The fraction of sp³-hybridized carbons (Fsp3) is 0.389. The van der Waals surface area contributed by atoms with E-state index < -0.39 is 0 Å². The highest BCUT2D eigenvalue weighted by atomic mass is 32.2. The lowest BCUT2D eigenvalue weighted by Crippen LogP contribution is -2.07. The quantitative estimate of drug-likeness (QED) is 0.624. The van der Waals surface area contributed by atoms with Crippen LogP contribution in [0.2, 0.25) is 0 Å². The van der Waals surface area contributed by atoms with Crippen LogP contribution in [0.5, 0.6) is 0 Å². The maximum Gasteiger partial charge on any atom is 0.237 e. The summed E-state index contributed by atoms with van der Waals surface area (Å²) >= 11 is 1.51. The smallest absolute Gasteiger partial charge is 0.237 e. The minimum atomic E-state index is -0.101. The van der Waals surface area contributed by atoms with Gasteiger partial charge in [-0.1, -0.05) is 29.9 Å². The van der Waals surface area contributed by atoms with Crippen LogP contribution < -0.4 is 5.32 Å². The standard InChI is InChI=1S/C18H20N6O2S/c1-3-15-20-16(26-23-15)10-27-18-22-21-17(12-7-8-12)24(18)14-6-4-5-13(9-14)19-11(2)25/h4-6,9,12H,3,7-8,10H2,1-2H3,(H,19,25). The Morgan fingerprint density at radius 2 is 2.22 bits per heavy atom. The molecule has 0 radical (unpaired) electrons. The summed E-state index contributed by atoms with van der Waals surface area (Å²) in [5.74, 6) is 3.10. The summed E-state index contributed by atoms with van der Waals surface area (Å²) in [6, 6.07) is 7.70. The molecule has 1 aliphatic carbocycles. The lowest BCUT2D eigenvalue weighted by molar-refractivity contribution is -0.114. The number of nitrogens with zero attached hydrogens (tertiary/aromatic N) is 5. The average Bonchev–Trinajstić information content (AvgIpc) is 3.24. The van der Waals surface area contributed by atoms with Crippen molar-refractivity contribution in [1.29, 1.82) is 0 Å². The number of carbonyl (C=O) groups is 1. The van der Waals surface area contributed by atoms with Crippen LogP contribution in [-0.4, -0.2) is 30.8 Å². The second kappa shape index (κ2) is 7.51. The van der Waals surface area contributed by atoms with Gasteiger partial charge < -0.3 is 9.84 Å². The van der Waals surface area contributed by atoms with Crippen LogP contribution in [0.3, 0.4) is 0 Å². The summed E-state index contributed by atoms with van der Waals surface area (Å²) in [6.45, 7) is 3.49. The predicted molar refractivity (Wildman–Crippen MR) is 101 cm³/mol. The topological polar surface area (TPSA) is 98.7 Å². The van der Waals surface area contributed by atoms with E-state index in [9.17, 15) is 4.79 Å². The summed E-state index contributed by atoms with van der Waals surface area (Å²) in [7, 11) is 0. The first-order chi connectivity index (χ1) is 13.1. The fourth-order valence-corrected chi connectivity index (χ4v) is 3.56. The highest BCUT2D eigenvalue weighted by Crippen LogP contribution is 2.41. The molecule has 9 heteroatoms. The van der Waals surface area contributed by atoms with E-state index in [4.69, 9.17) is 4.52 Å². The normalized spacial score (nSPS) is 13.7. The van der Waals surface area contributed by atoms with E-state index in [0.717, 1.165) is 41.6 Å². The Hall–Kier alpha value is -2.68. The van der Waals surface area contributed by atoms with Crippen molar-refractivity contribution in [2.75, 3.05) is 5.32 Å². The van der Waals surface area contributed by atoms with Gasteiger partial charge in [0.05, 0.1) is 11.4 Å². The molecule has 0 aliphatic heterocycles. The van der Waals surface area contributed by atoms with Gasteiger partial charge in [-0.3, -0.25) is 9.36 Å². The first kappa shape index (κ1) is 17.7. The first-order valence-corrected chi connectivity index (χ1v) is 9.90. The molecule has 0 saturated heterocycles. The Morgan fingerprint density at radius 3 is 2.93 bits per heavy atom. The van der Waals surface area contributed by atoms with Crippen molar-refractivity contribution < 1.29 is 9.32 Å². The number of aromatic nitrogens is 5.